The molecule has 2 bridgehead atoms. The molecule has 26 heavy (non-hydrogen) atoms. The Hall–Kier alpha value is -2.41. The highest BCUT2D eigenvalue weighted by molar-refractivity contribution is 5.94. The maximum atomic E-state index is 12.4. The molecule has 7 nitrogen and oxygen atoms in total. The molecule has 1 fully saturated rings. The molecule has 0 radical (unpaired) electrons. The first-order valence-corrected chi connectivity index (χ1v) is 8.65. The second kappa shape index (κ2) is 7.07. The summed E-state index contributed by atoms with van der Waals surface area (Å²) in [4.78, 5) is 36.3. The van der Waals surface area contributed by atoms with Crippen LogP contribution in [-0.4, -0.2) is 47.9 Å². The molecule has 1 saturated heterocycles. The summed E-state index contributed by atoms with van der Waals surface area (Å²) in [5.74, 6) is -2.44. The van der Waals surface area contributed by atoms with Crippen LogP contribution in [0, 0.1) is 11.8 Å². The number of hydrogen-bond acceptors (Lipinski definition) is 7. The first kappa shape index (κ1) is 18.4. The van der Waals surface area contributed by atoms with Crippen molar-refractivity contribution in [1.29, 1.82) is 0 Å². The highest BCUT2D eigenvalue weighted by Gasteiger charge is 2.47. The van der Waals surface area contributed by atoms with E-state index in [4.69, 9.17) is 14.2 Å². The van der Waals surface area contributed by atoms with Gasteiger partial charge in [-0.1, -0.05) is 20.4 Å². The van der Waals surface area contributed by atoms with Crippen LogP contribution in [0.1, 0.15) is 26.7 Å². The van der Waals surface area contributed by atoms with E-state index in [-0.39, 0.29) is 23.7 Å². The van der Waals surface area contributed by atoms with Gasteiger partial charge in [-0.05, 0) is 30.6 Å². The van der Waals surface area contributed by atoms with Crippen LogP contribution < -0.4 is 0 Å². The predicted molar refractivity (Wildman–Crippen MR) is 89.6 cm³/mol. The summed E-state index contributed by atoms with van der Waals surface area (Å²) in [6.07, 6.45) is 1.84. The highest BCUT2D eigenvalue weighted by atomic mass is 16.6. The molecule has 4 atom stereocenters. The van der Waals surface area contributed by atoms with Crippen LogP contribution in [0.5, 0.6) is 0 Å². The molecule has 3 aliphatic rings. The van der Waals surface area contributed by atoms with E-state index in [0.29, 0.717) is 18.4 Å². The number of aliphatic hydroxyl groups excluding tert-OH is 1. The Kier molecular flexibility index (Phi) is 5.00. The lowest BCUT2D eigenvalue weighted by molar-refractivity contribution is -0.153. The molecular formula is C19H22O7. The van der Waals surface area contributed by atoms with Crippen molar-refractivity contribution in [3.8, 4) is 0 Å². The van der Waals surface area contributed by atoms with Crippen LogP contribution in [0.4, 0.5) is 0 Å². The van der Waals surface area contributed by atoms with E-state index in [2.05, 4.69) is 6.58 Å². The summed E-state index contributed by atoms with van der Waals surface area (Å²) >= 11 is 0. The van der Waals surface area contributed by atoms with Crippen LogP contribution in [0.2, 0.25) is 0 Å². The highest BCUT2D eigenvalue weighted by Crippen LogP contribution is 2.38. The van der Waals surface area contributed by atoms with Gasteiger partial charge in [-0.25, -0.2) is 9.59 Å². The average Bonchev–Trinajstić information content (AvgIpc) is 3.09. The maximum Gasteiger partial charge on any atom is 0.338 e. The summed E-state index contributed by atoms with van der Waals surface area (Å²) in [6, 6.07) is 0. The monoisotopic (exact) mass is 362 g/mol. The lowest BCUT2D eigenvalue weighted by atomic mass is 9.87. The molecule has 1 aliphatic carbocycles. The van der Waals surface area contributed by atoms with Crippen molar-refractivity contribution < 1.29 is 33.7 Å². The van der Waals surface area contributed by atoms with Crippen molar-refractivity contribution in [2.45, 2.75) is 45.0 Å². The normalized spacial score (nSPS) is 33.0. The van der Waals surface area contributed by atoms with Crippen molar-refractivity contribution in [2.75, 3.05) is 6.61 Å². The molecule has 3 rings (SSSR count). The molecule has 0 saturated carbocycles. The van der Waals surface area contributed by atoms with Gasteiger partial charge in [-0.3, -0.25) is 4.79 Å². The Morgan fingerprint density at radius 1 is 1.27 bits per heavy atom. The molecule has 0 amide bonds. The van der Waals surface area contributed by atoms with E-state index >= 15 is 0 Å². The Morgan fingerprint density at radius 3 is 2.58 bits per heavy atom. The minimum Gasteiger partial charge on any atom is -0.457 e. The molecule has 140 valence electrons. The summed E-state index contributed by atoms with van der Waals surface area (Å²) < 4.78 is 16.2. The van der Waals surface area contributed by atoms with Gasteiger partial charge in [-0.15, -0.1) is 0 Å². The average molecular weight is 362 g/mol. The Labute approximate surface area is 151 Å². The van der Waals surface area contributed by atoms with Crippen molar-refractivity contribution in [1.82, 2.24) is 0 Å². The number of ether oxygens (including phenoxy) is 3. The maximum absolute atomic E-state index is 12.4. The largest absolute Gasteiger partial charge is 0.457 e. The fourth-order valence-corrected chi connectivity index (χ4v) is 3.33. The standard InChI is InChI=1S/C19H22O7/c1-9(2)17(21)24-13-5-4-11(8-20)6-14-16(10(3)18(22)25-14)15-7-12(13)19(23)26-15/h6-7,9,13-16,20H,3-5,8H2,1-2H3/b11-6-/t13-,14+,15+,16-/m0/s1. The molecule has 0 unspecified atom stereocenters. The number of carbonyl (C=O) groups is 3. The van der Waals surface area contributed by atoms with Crippen molar-refractivity contribution in [2.24, 2.45) is 11.8 Å². The zero-order chi connectivity index (χ0) is 19.0. The van der Waals surface area contributed by atoms with Crippen molar-refractivity contribution >= 4 is 17.9 Å². The van der Waals surface area contributed by atoms with Gasteiger partial charge >= 0.3 is 17.9 Å². The summed E-state index contributed by atoms with van der Waals surface area (Å²) in [7, 11) is 0. The van der Waals surface area contributed by atoms with Crippen LogP contribution in [0.15, 0.2) is 35.5 Å². The van der Waals surface area contributed by atoms with Crippen molar-refractivity contribution in [3.05, 3.63) is 35.5 Å². The quantitative estimate of drug-likeness (QED) is 0.349. The van der Waals surface area contributed by atoms with Crippen LogP contribution in [0.25, 0.3) is 0 Å². The minimum atomic E-state index is -0.764. The zero-order valence-corrected chi connectivity index (χ0v) is 14.8. The summed E-state index contributed by atoms with van der Waals surface area (Å²) in [5.41, 5.74) is 1.12. The van der Waals surface area contributed by atoms with Gasteiger partial charge in [0.1, 0.15) is 18.3 Å². The summed E-state index contributed by atoms with van der Waals surface area (Å²) in [5, 5.41) is 9.63. The molecule has 1 N–H and O–H groups in total. The predicted octanol–water partition coefficient (Wildman–Crippen LogP) is 1.22. The van der Waals surface area contributed by atoms with Gasteiger partial charge in [0, 0.05) is 5.57 Å². The molecule has 2 heterocycles. The molecule has 0 spiro atoms. The van der Waals surface area contributed by atoms with Gasteiger partial charge in [0.2, 0.25) is 0 Å². The molecular weight excluding hydrogens is 340 g/mol. The third kappa shape index (κ3) is 3.31. The molecule has 0 aromatic carbocycles. The number of carbonyl (C=O) groups excluding carboxylic acids is 3. The van der Waals surface area contributed by atoms with E-state index in [9.17, 15) is 19.5 Å². The van der Waals surface area contributed by atoms with E-state index in [0.717, 1.165) is 0 Å². The fraction of sp³-hybridized carbons (Fsp3) is 0.526. The second-order valence-electron chi connectivity index (χ2n) is 7.01. The smallest absolute Gasteiger partial charge is 0.338 e. The number of fused-ring (bicyclic) bond motifs is 3. The Balaban J connectivity index is 1.97. The van der Waals surface area contributed by atoms with Crippen LogP contribution in [0.3, 0.4) is 0 Å². The van der Waals surface area contributed by atoms with Crippen LogP contribution in [-0.2, 0) is 28.6 Å². The number of esters is 3. The SMILES string of the molecule is C=C1C(=O)O[C@@H]2/C=C(\CO)CC[C@H](OC(=O)C(C)C)C3=C[C@@H](OC3=O)[C@@H]12. The van der Waals surface area contributed by atoms with Gasteiger partial charge in [-0.2, -0.15) is 0 Å². The fourth-order valence-electron chi connectivity index (χ4n) is 3.33. The lowest BCUT2D eigenvalue weighted by Gasteiger charge is -2.22. The van der Waals surface area contributed by atoms with Gasteiger partial charge in [0.15, 0.2) is 0 Å². The van der Waals surface area contributed by atoms with Gasteiger partial charge in [0.25, 0.3) is 0 Å². The Morgan fingerprint density at radius 2 is 1.92 bits per heavy atom. The third-order valence-corrected chi connectivity index (χ3v) is 4.85. The minimum absolute atomic E-state index is 0.218. The number of aliphatic hydroxyl groups is 1. The Bertz CT molecular complexity index is 715. The van der Waals surface area contributed by atoms with E-state index < -0.39 is 42.1 Å². The zero-order valence-electron chi connectivity index (χ0n) is 14.8. The van der Waals surface area contributed by atoms with Crippen molar-refractivity contribution in [3.63, 3.8) is 0 Å². The number of rotatable bonds is 3. The van der Waals surface area contributed by atoms with E-state index in [1.807, 2.05) is 0 Å². The van der Waals surface area contributed by atoms with Crippen LogP contribution >= 0.6 is 0 Å². The third-order valence-electron chi connectivity index (χ3n) is 4.85. The number of hydrogen-bond donors (Lipinski definition) is 1. The summed E-state index contributed by atoms with van der Waals surface area (Å²) in [6.45, 7) is 6.95. The van der Waals surface area contributed by atoms with E-state index in [1.54, 1.807) is 26.0 Å². The molecule has 2 aliphatic heterocycles. The second-order valence-corrected chi connectivity index (χ2v) is 7.01. The van der Waals surface area contributed by atoms with Gasteiger partial charge < -0.3 is 19.3 Å². The van der Waals surface area contributed by atoms with Gasteiger partial charge in [0.05, 0.1) is 24.0 Å². The molecule has 0 aromatic heterocycles. The first-order chi connectivity index (χ1) is 12.3. The lowest BCUT2D eigenvalue weighted by Crippen LogP contribution is -2.28. The molecule has 0 aromatic rings. The van der Waals surface area contributed by atoms with E-state index in [1.165, 1.54) is 0 Å². The topological polar surface area (TPSA) is 99.1 Å². The molecule has 7 heteroatoms. The first-order valence-electron chi connectivity index (χ1n) is 8.65.